The minimum Gasteiger partial charge on any atom is -0.462 e. The molecule has 1 heterocycles. The predicted octanol–water partition coefficient (Wildman–Crippen LogP) is 11.2. The number of esters is 2. The number of aliphatic hydroxyl groups is 4. The molecule has 0 aromatic carbocycles. The van der Waals surface area contributed by atoms with Crippen LogP contribution in [0.5, 0.6) is 0 Å². The SMILES string of the molecule is CC/C=C/C=C/C=C/CCCCCCCC(=O)OC(COC(=O)CCCCCCCCC/C=C/CCCCCCCCCCCCCC)CO[C@H]1O[C@@H](CO)[C@@H](O)C(O)C1O. The quantitative estimate of drug-likeness (QED) is 0.0202. The third-order valence-corrected chi connectivity index (χ3v) is 11.3. The summed E-state index contributed by atoms with van der Waals surface area (Å²) in [5.74, 6) is -0.834. The number of allylic oxidation sites excluding steroid dienone is 8. The van der Waals surface area contributed by atoms with Crippen molar-refractivity contribution in [3.8, 4) is 0 Å². The first kappa shape index (κ1) is 56.7. The van der Waals surface area contributed by atoms with Crippen molar-refractivity contribution < 1.29 is 49.0 Å². The van der Waals surface area contributed by atoms with Crippen LogP contribution in [0, 0.1) is 0 Å². The van der Waals surface area contributed by atoms with Crippen molar-refractivity contribution in [2.45, 2.75) is 243 Å². The molecule has 0 aliphatic carbocycles. The Bertz CT molecular complexity index is 1130. The zero-order valence-corrected chi connectivity index (χ0v) is 38.7. The third-order valence-electron chi connectivity index (χ3n) is 11.3. The minimum absolute atomic E-state index is 0.205. The van der Waals surface area contributed by atoms with Gasteiger partial charge in [0.1, 0.15) is 31.0 Å². The molecule has 61 heavy (non-hydrogen) atoms. The Kier molecular flexibility index (Phi) is 38.7. The van der Waals surface area contributed by atoms with E-state index in [4.69, 9.17) is 18.9 Å². The third kappa shape index (κ3) is 32.9. The van der Waals surface area contributed by atoms with Crippen molar-refractivity contribution in [1.29, 1.82) is 0 Å². The summed E-state index contributed by atoms with van der Waals surface area (Å²) in [6.07, 6.45) is 42.7. The molecular weight excluding hydrogens is 773 g/mol. The molecule has 0 saturated carbocycles. The smallest absolute Gasteiger partial charge is 0.306 e. The molecule has 0 radical (unpaired) electrons. The van der Waals surface area contributed by atoms with Gasteiger partial charge < -0.3 is 39.4 Å². The molecule has 354 valence electrons. The van der Waals surface area contributed by atoms with Crippen LogP contribution >= 0.6 is 0 Å². The van der Waals surface area contributed by atoms with Crippen LogP contribution in [0.15, 0.2) is 48.6 Å². The normalized spacial score (nSPS) is 20.1. The second kappa shape index (κ2) is 41.7. The average Bonchev–Trinajstić information content (AvgIpc) is 3.26. The van der Waals surface area contributed by atoms with Gasteiger partial charge in [-0.25, -0.2) is 0 Å². The lowest BCUT2D eigenvalue weighted by molar-refractivity contribution is -0.305. The summed E-state index contributed by atoms with van der Waals surface area (Å²) in [5, 5.41) is 40.1. The van der Waals surface area contributed by atoms with Crippen LogP contribution in [0.25, 0.3) is 0 Å². The van der Waals surface area contributed by atoms with Crippen molar-refractivity contribution in [3.63, 3.8) is 0 Å². The van der Waals surface area contributed by atoms with Gasteiger partial charge in [-0.1, -0.05) is 184 Å². The van der Waals surface area contributed by atoms with Crippen LogP contribution < -0.4 is 0 Å². The van der Waals surface area contributed by atoms with Crippen molar-refractivity contribution in [2.24, 2.45) is 0 Å². The largest absolute Gasteiger partial charge is 0.462 e. The molecule has 10 nitrogen and oxygen atoms in total. The van der Waals surface area contributed by atoms with E-state index in [1.165, 1.54) is 103 Å². The van der Waals surface area contributed by atoms with E-state index in [1.54, 1.807) is 0 Å². The molecular formula is C51H90O10. The maximum absolute atomic E-state index is 12.8. The van der Waals surface area contributed by atoms with E-state index in [0.717, 1.165) is 70.6 Å². The molecule has 0 amide bonds. The molecule has 6 atom stereocenters. The average molecular weight is 863 g/mol. The monoisotopic (exact) mass is 863 g/mol. The predicted molar refractivity (Wildman–Crippen MR) is 247 cm³/mol. The summed E-state index contributed by atoms with van der Waals surface area (Å²) in [6, 6.07) is 0. The Morgan fingerprint density at radius 1 is 0.525 bits per heavy atom. The fraction of sp³-hybridized carbons (Fsp3) is 0.804. The molecule has 0 bridgehead atoms. The first-order valence-corrected chi connectivity index (χ1v) is 24.7. The van der Waals surface area contributed by atoms with Crippen LogP contribution in [-0.2, 0) is 28.5 Å². The summed E-state index contributed by atoms with van der Waals surface area (Å²) < 4.78 is 22.2. The van der Waals surface area contributed by atoms with E-state index >= 15 is 0 Å². The van der Waals surface area contributed by atoms with Crippen molar-refractivity contribution in [3.05, 3.63) is 48.6 Å². The van der Waals surface area contributed by atoms with Gasteiger partial charge in [0, 0.05) is 12.8 Å². The number of rotatable bonds is 41. The number of carbonyl (C=O) groups is 2. The fourth-order valence-electron chi connectivity index (χ4n) is 7.36. The highest BCUT2D eigenvalue weighted by molar-refractivity contribution is 5.70. The Labute approximate surface area is 371 Å². The van der Waals surface area contributed by atoms with Gasteiger partial charge in [0.2, 0.25) is 0 Å². The number of ether oxygens (including phenoxy) is 4. The van der Waals surface area contributed by atoms with E-state index in [1.807, 2.05) is 18.2 Å². The van der Waals surface area contributed by atoms with E-state index in [2.05, 4.69) is 44.2 Å². The molecule has 1 aliphatic rings. The second-order valence-corrected chi connectivity index (χ2v) is 16.9. The van der Waals surface area contributed by atoms with E-state index in [9.17, 15) is 30.0 Å². The minimum atomic E-state index is -1.60. The number of aliphatic hydroxyl groups excluding tert-OH is 4. The topological polar surface area (TPSA) is 152 Å². The summed E-state index contributed by atoms with van der Waals surface area (Å²) in [6.45, 7) is 3.28. The fourth-order valence-corrected chi connectivity index (χ4v) is 7.36. The molecule has 3 unspecified atom stereocenters. The lowest BCUT2D eigenvalue weighted by atomic mass is 9.99. The number of carbonyl (C=O) groups excluding carboxylic acids is 2. The second-order valence-electron chi connectivity index (χ2n) is 16.9. The van der Waals surface area contributed by atoms with Crippen LogP contribution in [0.3, 0.4) is 0 Å². The van der Waals surface area contributed by atoms with Crippen molar-refractivity contribution >= 4 is 11.9 Å². The van der Waals surface area contributed by atoms with Crippen LogP contribution in [0.4, 0.5) is 0 Å². The lowest BCUT2D eigenvalue weighted by Gasteiger charge is -2.39. The van der Waals surface area contributed by atoms with Gasteiger partial charge in [0.25, 0.3) is 0 Å². The molecule has 1 fully saturated rings. The summed E-state index contributed by atoms with van der Waals surface area (Å²) in [4.78, 5) is 25.4. The van der Waals surface area contributed by atoms with Gasteiger partial charge in [0.15, 0.2) is 12.4 Å². The maximum atomic E-state index is 12.8. The van der Waals surface area contributed by atoms with E-state index in [-0.39, 0.29) is 32.0 Å². The molecule has 10 heteroatoms. The zero-order chi connectivity index (χ0) is 44.4. The standard InChI is InChI=1S/C51H90O10/c1-3-5-7-9-11-13-15-17-18-19-20-21-22-23-24-25-26-28-29-31-33-35-37-39-46(53)58-42-44(43-59-51-50(57)49(56)48(55)45(41-52)61-51)60-47(54)40-38-36-34-32-30-27-16-14-12-10-8-6-4-2/h6,8,10,12,14,16,23-24,44-45,48-52,55-57H,3-5,7,9,11,13,15,17-22,25-43H2,1-2H3/b8-6+,12-10+,16-14+,24-23+/t44?,45-,48+,49?,50?,51-/m0/s1. The van der Waals surface area contributed by atoms with Gasteiger partial charge in [-0.15, -0.1) is 0 Å². The first-order valence-electron chi connectivity index (χ1n) is 24.7. The Morgan fingerprint density at radius 3 is 1.49 bits per heavy atom. The highest BCUT2D eigenvalue weighted by Crippen LogP contribution is 2.23. The molecule has 4 N–H and O–H groups in total. The Balaban J connectivity index is 2.24. The molecule has 0 aromatic rings. The Hall–Kier alpha value is -2.34. The summed E-state index contributed by atoms with van der Waals surface area (Å²) in [5.41, 5.74) is 0. The lowest BCUT2D eigenvalue weighted by Crippen LogP contribution is -2.59. The maximum Gasteiger partial charge on any atom is 0.306 e. The highest BCUT2D eigenvalue weighted by atomic mass is 16.7. The van der Waals surface area contributed by atoms with Gasteiger partial charge in [-0.2, -0.15) is 0 Å². The van der Waals surface area contributed by atoms with Crippen molar-refractivity contribution in [2.75, 3.05) is 19.8 Å². The molecule has 1 aliphatic heterocycles. The Morgan fingerprint density at radius 2 is 0.984 bits per heavy atom. The van der Waals surface area contributed by atoms with Gasteiger partial charge in [-0.05, 0) is 57.8 Å². The number of hydrogen-bond acceptors (Lipinski definition) is 10. The number of hydrogen-bond donors (Lipinski definition) is 4. The highest BCUT2D eigenvalue weighted by Gasteiger charge is 2.44. The first-order chi connectivity index (χ1) is 29.8. The van der Waals surface area contributed by atoms with Crippen LogP contribution in [-0.4, -0.2) is 89.0 Å². The van der Waals surface area contributed by atoms with Gasteiger partial charge in [0.05, 0.1) is 13.2 Å². The molecule has 0 spiro atoms. The molecule has 1 rings (SSSR count). The van der Waals surface area contributed by atoms with Crippen LogP contribution in [0.1, 0.15) is 206 Å². The van der Waals surface area contributed by atoms with Crippen LogP contribution in [0.2, 0.25) is 0 Å². The molecule has 0 aromatic heterocycles. The molecule has 1 saturated heterocycles. The van der Waals surface area contributed by atoms with E-state index in [0.29, 0.717) is 6.42 Å². The van der Waals surface area contributed by atoms with Crippen molar-refractivity contribution in [1.82, 2.24) is 0 Å². The van der Waals surface area contributed by atoms with Gasteiger partial charge >= 0.3 is 11.9 Å². The summed E-state index contributed by atoms with van der Waals surface area (Å²) >= 11 is 0. The number of unbranched alkanes of at least 4 members (excludes halogenated alkanes) is 24. The zero-order valence-electron chi connectivity index (χ0n) is 38.7. The van der Waals surface area contributed by atoms with Gasteiger partial charge in [-0.3, -0.25) is 9.59 Å². The summed E-state index contributed by atoms with van der Waals surface area (Å²) in [7, 11) is 0. The van der Waals surface area contributed by atoms with E-state index < -0.39 is 49.4 Å².